The lowest BCUT2D eigenvalue weighted by Gasteiger charge is -2.02. The molecule has 1 aliphatic heterocycles. The van der Waals surface area contributed by atoms with Crippen molar-refractivity contribution in [1.29, 1.82) is 0 Å². The molecule has 1 rings (SSSR count). The van der Waals surface area contributed by atoms with Gasteiger partial charge in [-0.15, -0.1) is 11.8 Å². The number of thioether (sulfide) groups is 1. The minimum absolute atomic E-state index is 0.118. The van der Waals surface area contributed by atoms with Crippen LogP contribution in [0.2, 0.25) is 0 Å². The number of carbonyl (C=O) groups excluding carboxylic acids is 1. The molecule has 0 N–H and O–H groups in total. The van der Waals surface area contributed by atoms with Crippen LogP contribution in [0.3, 0.4) is 0 Å². The predicted octanol–water partition coefficient (Wildman–Crippen LogP) is 2.18. The summed E-state index contributed by atoms with van der Waals surface area (Å²) in [5.74, 6) is 0.865. The number of hydrogen-bond acceptors (Lipinski definition) is 4. The summed E-state index contributed by atoms with van der Waals surface area (Å²) in [5, 5.41) is 0. The molecule has 0 amide bonds. The molecule has 0 radical (unpaired) electrons. The quantitative estimate of drug-likeness (QED) is 0.502. The van der Waals surface area contributed by atoms with Gasteiger partial charge in [-0.25, -0.2) is 4.79 Å². The van der Waals surface area contributed by atoms with E-state index >= 15 is 0 Å². The number of ether oxygens (including phenoxy) is 2. The topological polar surface area (TPSA) is 35.5 Å². The molecule has 12 heavy (non-hydrogen) atoms. The van der Waals surface area contributed by atoms with Crippen molar-refractivity contribution >= 4 is 17.9 Å². The third kappa shape index (κ3) is 3.17. The summed E-state index contributed by atoms with van der Waals surface area (Å²) in [6, 6.07) is 0. The molecule has 0 aromatic rings. The van der Waals surface area contributed by atoms with E-state index in [2.05, 4.69) is 10.8 Å². The molecule has 1 saturated heterocycles. The highest BCUT2D eigenvalue weighted by Crippen LogP contribution is 2.19. The molecule has 1 aliphatic rings. The van der Waals surface area contributed by atoms with Crippen molar-refractivity contribution in [3.8, 4) is 0 Å². The van der Waals surface area contributed by atoms with E-state index in [1.165, 1.54) is 5.57 Å². The van der Waals surface area contributed by atoms with Crippen molar-refractivity contribution < 1.29 is 14.3 Å². The van der Waals surface area contributed by atoms with Crippen LogP contribution in [0.15, 0.2) is 11.6 Å². The Kier molecular flexibility index (Phi) is 3.47. The first-order valence-corrected chi connectivity index (χ1v) is 4.82. The van der Waals surface area contributed by atoms with Crippen LogP contribution in [0.1, 0.15) is 13.8 Å². The molecule has 0 saturated carbocycles. The third-order valence-corrected chi connectivity index (χ3v) is 2.30. The number of cyclic esters (lactones) is 2. The van der Waals surface area contributed by atoms with E-state index in [0.717, 1.165) is 5.75 Å². The normalized spacial score (nSPS) is 21.5. The lowest BCUT2D eigenvalue weighted by atomic mass is 10.3. The van der Waals surface area contributed by atoms with Crippen molar-refractivity contribution in [1.82, 2.24) is 0 Å². The van der Waals surface area contributed by atoms with E-state index in [1.54, 1.807) is 11.8 Å². The smallest absolute Gasteiger partial charge is 0.429 e. The second kappa shape index (κ2) is 4.40. The monoisotopic (exact) mass is 188 g/mol. The van der Waals surface area contributed by atoms with Gasteiger partial charge in [0.2, 0.25) is 0 Å². The van der Waals surface area contributed by atoms with Crippen LogP contribution < -0.4 is 0 Å². The minimum atomic E-state index is -0.551. The Balaban J connectivity index is 2.16. The molecule has 1 fully saturated rings. The molecular formula is C8H12O3S. The van der Waals surface area contributed by atoms with E-state index in [9.17, 15) is 4.79 Å². The second-order valence-electron chi connectivity index (χ2n) is 2.72. The van der Waals surface area contributed by atoms with Gasteiger partial charge in [0.1, 0.15) is 6.61 Å². The molecule has 0 aromatic heterocycles. The SMILES string of the molecule is CC(C)=CCSC1COC(=O)O1. The summed E-state index contributed by atoms with van der Waals surface area (Å²) in [5.41, 5.74) is 1.15. The molecular weight excluding hydrogens is 176 g/mol. The molecule has 0 aromatic carbocycles. The van der Waals surface area contributed by atoms with Gasteiger partial charge in [0, 0.05) is 5.75 Å². The van der Waals surface area contributed by atoms with Gasteiger partial charge in [-0.05, 0) is 13.8 Å². The lowest BCUT2D eigenvalue weighted by molar-refractivity contribution is 0.129. The zero-order valence-corrected chi connectivity index (χ0v) is 8.02. The van der Waals surface area contributed by atoms with Crippen LogP contribution in [0.25, 0.3) is 0 Å². The maximum atomic E-state index is 10.5. The van der Waals surface area contributed by atoms with Gasteiger partial charge >= 0.3 is 6.16 Å². The highest BCUT2D eigenvalue weighted by Gasteiger charge is 2.24. The Bertz CT molecular complexity index is 196. The Morgan fingerprint density at radius 1 is 1.75 bits per heavy atom. The number of hydrogen-bond donors (Lipinski definition) is 0. The van der Waals surface area contributed by atoms with Crippen molar-refractivity contribution in [2.24, 2.45) is 0 Å². The Morgan fingerprint density at radius 2 is 2.50 bits per heavy atom. The molecule has 0 spiro atoms. The standard InChI is InChI=1S/C8H12O3S/c1-6(2)3-4-12-7-5-10-8(9)11-7/h3,7H,4-5H2,1-2H3. The van der Waals surface area contributed by atoms with Gasteiger partial charge in [0.05, 0.1) is 0 Å². The highest BCUT2D eigenvalue weighted by molar-refractivity contribution is 7.99. The first kappa shape index (κ1) is 9.45. The predicted molar refractivity (Wildman–Crippen MR) is 48.1 cm³/mol. The van der Waals surface area contributed by atoms with Crippen molar-refractivity contribution in [2.75, 3.05) is 12.4 Å². The van der Waals surface area contributed by atoms with Crippen molar-refractivity contribution in [2.45, 2.75) is 19.3 Å². The average Bonchev–Trinajstić information content (AvgIpc) is 2.35. The summed E-state index contributed by atoms with van der Waals surface area (Å²) < 4.78 is 9.44. The fourth-order valence-electron chi connectivity index (χ4n) is 0.716. The summed E-state index contributed by atoms with van der Waals surface area (Å²) in [4.78, 5) is 10.5. The largest absolute Gasteiger partial charge is 0.509 e. The fourth-order valence-corrected chi connectivity index (χ4v) is 1.67. The Labute approximate surface area is 76.1 Å². The molecule has 4 heteroatoms. The number of allylic oxidation sites excluding steroid dienone is 1. The molecule has 1 heterocycles. The van der Waals surface area contributed by atoms with E-state index < -0.39 is 6.16 Å². The first-order valence-electron chi connectivity index (χ1n) is 3.77. The van der Waals surface area contributed by atoms with E-state index in [1.807, 2.05) is 13.8 Å². The first-order chi connectivity index (χ1) is 5.68. The number of rotatable bonds is 3. The van der Waals surface area contributed by atoms with Crippen LogP contribution >= 0.6 is 11.8 Å². The second-order valence-corrected chi connectivity index (χ2v) is 3.92. The van der Waals surface area contributed by atoms with Gasteiger partial charge in [-0.3, -0.25) is 0 Å². The summed E-state index contributed by atoms with van der Waals surface area (Å²) in [7, 11) is 0. The van der Waals surface area contributed by atoms with Crippen LogP contribution in [-0.4, -0.2) is 24.0 Å². The zero-order valence-electron chi connectivity index (χ0n) is 7.20. The summed E-state index contributed by atoms with van der Waals surface area (Å²) in [6.45, 7) is 4.45. The molecule has 3 nitrogen and oxygen atoms in total. The third-order valence-electron chi connectivity index (χ3n) is 1.34. The van der Waals surface area contributed by atoms with Gasteiger partial charge < -0.3 is 9.47 Å². The van der Waals surface area contributed by atoms with E-state index in [0.29, 0.717) is 6.61 Å². The fraction of sp³-hybridized carbons (Fsp3) is 0.625. The van der Waals surface area contributed by atoms with Crippen LogP contribution in [0, 0.1) is 0 Å². The maximum Gasteiger partial charge on any atom is 0.509 e. The molecule has 1 unspecified atom stereocenters. The van der Waals surface area contributed by atoms with Crippen molar-refractivity contribution in [3.05, 3.63) is 11.6 Å². The van der Waals surface area contributed by atoms with Gasteiger partial charge in [-0.2, -0.15) is 0 Å². The lowest BCUT2D eigenvalue weighted by Crippen LogP contribution is -2.04. The minimum Gasteiger partial charge on any atom is -0.429 e. The Morgan fingerprint density at radius 3 is 3.00 bits per heavy atom. The molecule has 0 aliphatic carbocycles. The van der Waals surface area contributed by atoms with Crippen LogP contribution in [0.4, 0.5) is 4.79 Å². The van der Waals surface area contributed by atoms with Gasteiger partial charge in [0.15, 0.2) is 5.44 Å². The van der Waals surface area contributed by atoms with E-state index in [4.69, 9.17) is 4.74 Å². The molecule has 68 valence electrons. The average molecular weight is 188 g/mol. The maximum absolute atomic E-state index is 10.5. The molecule has 1 atom stereocenters. The highest BCUT2D eigenvalue weighted by atomic mass is 32.2. The zero-order chi connectivity index (χ0) is 8.97. The van der Waals surface area contributed by atoms with Crippen LogP contribution in [-0.2, 0) is 9.47 Å². The van der Waals surface area contributed by atoms with E-state index in [-0.39, 0.29) is 5.44 Å². The van der Waals surface area contributed by atoms with Gasteiger partial charge in [0.25, 0.3) is 0 Å². The summed E-state index contributed by atoms with van der Waals surface area (Å²) in [6.07, 6.45) is 1.54. The number of carbonyl (C=O) groups is 1. The van der Waals surface area contributed by atoms with Crippen molar-refractivity contribution in [3.63, 3.8) is 0 Å². The Hall–Kier alpha value is -0.640. The summed E-state index contributed by atoms with van der Waals surface area (Å²) >= 11 is 1.57. The molecule has 0 bridgehead atoms. The van der Waals surface area contributed by atoms with Gasteiger partial charge in [-0.1, -0.05) is 11.6 Å². The van der Waals surface area contributed by atoms with Crippen LogP contribution in [0.5, 0.6) is 0 Å².